The Labute approximate surface area is 44.7 Å². The SMILES string of the molecule is C/C=C\CCS. The van der Waals surface area contributed by atoms with E-state index in [0.29, 0.717) is 0 Å². The van der Waals surface area contributed by atoms with Gasteiger partial charge in [0.25, 0.3) is 0 Å². The van der Waals surface area contributed by atoms with E-state index in [9.17, 15) is 0 Å². The first-order valence-corrected chi connectivity index (χ1v) is 2.77. The molecular weight excluding hydrogens is 92.1 g/mol. The lowest BCUT2D eigenvalue weighted by atomic mass is 10.4. The molecule has 0 aromatic rings. The molecule has 0 atom stereocenters. The van der Waals surface area contributed by atoms with Gasteiger partial charge in [-0.25, -0.2) is 0 Å². The van der Waals surface area contributed by atoms with Crippen LogP contribution in [0.1, 0.15) is 13.3 Å². The Kier molecular flexibility index (Phi) is 5.17. The van der Waals surface area contributed by atoms with E-state index < -0.39 is 0 Å². The van der Waals surface area contributed by atoms with Gasteiger partial charge in [0.15, 0.2) is 0 Å². The quantitative estimate of drug-likeness (QED) is 0.399. The van der Waals surface area contributed by atoms with Gasteiger partial charge in [-0.15, -0.1) is 0 Å². The summed E-state index contributed by atoms with van der Waals surface area (Å²) < 4.78 is 0. The highest BCUT2D eigenvalue weighted by molar-refractivity contribution is 7.80. The maximum atomic E-state index is 4.00. The van der Waals surface area contributed by atoms with Crippen molar-refractivity contribution in [2.75, 3.05) is 5.75 Å². The summed E-state index contributed by atoms with van der Waals surface area (Å²) in [6.45, 7) is 2.02. The number of hydrogen-bond acceptors (Lipinski definition) is 1. The van der Waals surface area contributed by atoms with Gasteiger partial charge in [0.05, 0.1) is 0 Å². The molecule has 0 spiro atoms. The Morgan fingerprint density at radius 3 is 2.50 bits per heavy atom. The van der Waals surface area contributed by atoms with E-state index in [1.54, 1.807) is 0 Å². The summed E-state index contributed by atoms with van der Waals surface area (Å²) in [7, 11) is 0. The van der Waals surface area contributed by atoms with E-state index in [1.807, 2.05) is 13.0 Å². The summed E-state index contributed by atoms with van der Waals surface area (Å²) in [5.74, 6) is 0.963. The lowest BCUT2D eigenvalue weighted by molar-refractivity contribution is 1.25. The van der Waals surface area contributed by atoms with E-state index in [4.69, 9.17) is 0 Å². The average molecular weight is 102 g/mol. The number of thiol groups is 1. The van der Waals surface area contributed by atoms with Crippen molar-refractivity contribution in [3.8, 4) is 0 Å². The average Bonchev–Trinajstić information content (AvgIpc) is 1.61. The zero-order valence-electron chi connectivity index (χ0n) is 4.02. The molecule has 0 aliphatic rings. The molecule has 0 bridgehead atoms. The van der Waals surface area contributed by atoms with Gasteiger partial charge in [0, 0.05) is 0 Å². The van der Waals surface area contributed by atoms with Crippen LogP contribution >= 0.6 is 12.6 Å². The monoisotopic (exact) mass is 102 g/mol. The molecule has 0 heterocycles. The molecule has 0 unspecified atom stereocenters. The second kappa shape index (κ2) is 5.09. The molecule has 0 saturated carbocycles. The van der Waals surface area contributed by atoms with Crippen LogP contribution in [0.3, 0.4) is 0 Å². The second-order valence-corrected chi connectivity index (χ2v) is 1.53. The third-order valence-electron chi connectivity index (χ3n) is 0.531. The predicted octanol–water partition coefficient (Wildman–Crippen LogP) is 1.88. The Morgan fingerprint density at radius 2 is 2.33 bits per heavy atom. The van der Waals surface area contributed by atoms with E-state index in [-0.39, 0.29) is 0 Å². The molecule has 0 aromatic carbocycles. The first-order valence-electron chi connectivity index (χ1n) is 2.14. The normalized spacial score (nSPS) is 10.3. The molecule has 0 saturated heterocycles. The minimum atomic E-state index is 0.963. The summed E-state index contributed by atoms with van der Waals surface area (Å²) in [6, 6.07) is 0. The molecule has 1 heteroatoms. The van der Waals surface area contributed by atoms with Crippen LogP contribution < -0.4 is 0 Å². The van der Waals surface area contributed by atoms with Crippen LogP contribution in [0.2, 0.25) is 0 Å². The summed E-state index contributed by atoms with van der Waals surface area (Å²) in [4.78, 5) is 0. The maximum absolute atomic E-state index is 4.00. The number of rotatable bonds is 2. The van der Waals surface area contributed by atoms with Gasteiger partial charge in [-0.2, -0.15) is 12.6 Å². The minimum Gasteiger partial charge on any atom is -0.179 e. The van der Waals surface area contributed by atoms with E-state index >= 15 is 0 Å². The molecule has 0 nitrogen and oxygen atoms in total. The fraction of sp³-hybridized carbons (Fsp3) is 0.600. The molecule has 0 N–H and O–H groups in total. The number of hydrogen-bond donors (Lipinski definition) is 1. The molecule has 0 aliphatic carbocycles. The van der Waals surface area contributed by atoms with Gasteiger partial charge < -0.3 is 0 Å². The minimum absolute atomic E-state index is 0.963. The Balaban J connectivity index is 2.66. The standard InChI is InChI=1S/C5H10S/c1-2-3-4-5-6/h2-3,6H,4-5H2,1H3/b3-2-. The van der Waals surface area contributed by atoms with Crippen molar-refractivity contribution in [1.82, 2.24) is 0 Å². The Hall–Kier alpha value is 0.0900. The molecule has 0 aromatic heterocycles. The topological polar surface area (TPSA) is 0 Å². The van der Waals surface area contributed by atoms with E-state index in [2.05, 4.69) is 18.7 Å². The van der Waals surface area contributed by atoms with E-state index in [0.717, 1.165) is 12.2 Å². The molecule has 6 heavy (non-hydrogen) atoms. The van der Waals surface area contributed by atoms with Crippen molar-refractivity contribution in [1.29, 1.82) is 0 Å². The van der Waals surface area contributed by atoms with Crippen LogP contribution in [0.5, 0.6) is 0 Å². The summed E-state index contributed by atoms with van der Waals surface area (Å²) in [6.07, 6.45) is 5.24. The van der Waals surface area contributed by atoms with Crippen molar-refractivity contribution in [3.63, 3.8) is 0 Å². The predicted molar refractivity (Wildman–Crippen MR) is 33.3 cm³/mol. The zero-order valence-corrected chi connectivity index (χ0v) is 4.91. The Morgan fingerprint density at radius 1 is 1.67 bits per heavy atom. The second-order valence-electron chi connectivity index (χ2n) is 1.08. The lowest BCUT2D eigenvalue weighted by Gasteiger charge is -1.75. The lowest BCUT2D eigenvalue weighted by Crippen LogP contribution is -1.62. The van der Waals surface area contributed by atoms with Crippen molar-refractivity contribution < 1.29 is 0 Å². The summed E-state index contributed by atoms with van der Waals surface area (Å²) in [5, 5.41) is 0. The van der Waals surface area contributed by atoms with Crippen LogP contribution in [-0.4, -0.2) is 5.75 Å². The van der Waals surface area contributed by atoms with Gasteiger partial charge in [-0.05, 0) is 19.1 Å². The largest absolute Gasteiger partial charge is 0.179 e. The molecule has 0 amide bonds. The summed E-state index contributed by atoms with van der Waals surface area (Å²) >= 11 is 4.00. The van der Waals surface area contributed by atoms with Gasteiger partial charge in [0.1, 0.15) is 0 Å². The maximum Gasteiger partial charge on any atom is -0.00633 e. The molecule has 0 rings (SSSR count). The van der Waals surface area contributed by atoms with E-state index in [1.165, 1.54) is 0 Å². The van der Waals surface area contributed by atoms with Gasteiger partial charge in [-0.1, -0.05) is 12.2 Å². The van der Waals surface area contributed by atoms with Crippen molar-refractivity contribution >= 4 is 12.6 Å². The van der Waals surface area contributed by atoms with Gasteiger partial charge in [-0.3, -0.25) is 0 Å². The van der Waals surface area contributed by atoms with Gasteiger partial charge >= 0.3 is 0 Å². The van der Waals surface area contributed by atoms with Crippen LogP contribution in [0.15, 0.2) is 12.2 Å². The smallest absolute Gasteiger partial charge is 0.00633 e. The van der Waals surface area contributed by atoms with Crippen molar-refractivity contribution in [2.24, 2.45) is 0 Å². The van der Waals surface area contributed by atoms with Crippen molar-refractivity contribution in [3.05, 3.63) is 12.2 Å². The third-order valence-corrected chi connectivity index (χ3v) is 0.790. The first-order chi connectivity index (χ1) is 2.91. The number of allylic oxidation sites excluding steroid dienone is 2. The van der Waals surface area contributed by atoms with Crippen LogP contribution in [0, 0.1) is 0 Å². The molecule has 36 valence electrons. The van der Waals surface area contributed by atoms with Crippen LogP contribution in [-0.2, 0) is 0 Å². The highest BCUT2D eigenvalue weighted by Gasteiger charge is 1.65. The fourth-order valence-electron chi connectivity index (χ4n) is 0.241. The van der Waals surface area contributed by atoms with Crippen LogP contribution in [0.25, 0.3) is 0 Å². The fourth-order valence-corrected chi connectivity index (χ4v) is 0.390. The van der Waals surface area contributed by atoms with Gasteiger partial charge in [0.2, 0.25) is 0 Å². The first kappa shape index (κ1) is 6.09. The zero-order chi connectivity index (χ0) is 4.83. The molecule has 0 radical (unpaired) electrons. The Bertz CT molecular complexity index is 39.2. The highest BCUT2D eigenvalue weighted by atomic mass is 32.1. The van der Waals surface area contributed by atoms with Crippen LogP contribution in [0.4, 0.5) is 0 Å². The summed E-state index contributed by atoms with van der Waals surface area (Å²) in [5.41, 5.74) is 0. The molecule has 0 fully saturated rings. The van der Waals surface area contributed by atoms with Crippen molar-refractivity contribution in [2.45, 2.75) is 13.3 Å². The highest BCUT2D eigenvalue weighted by Crippen LogP contribution is 1.83. The molecular formula is C5H10S. The third kappa shape index (κ3) is 4.09. The molecule has 0 aliphatic heterocycles.